The first-order chi connectivity index (χ1) is 10.6. The van der Waals surface area contributed by atoms with Gasteiger partial charge in [0.05, 0.1) is 6.10 Å². The molecule has 0 heterocycles. The molecule has 1 aromatic rings. The number of ether oxygens (including phenoxy) is 2. The molecule has 1 aromatic carbocycles. The molecule has 0 aromatic heterocycles. The highest BCUT2D eigenvalue weighted by Crippen LogP contribution is 2.31. The fraction of sp³-hybridized carbons (Fsp3) is 0.611. The lowest BCUT2D eigenvalue weighted by Gasteiger charge is -2.29. The molecule has 4 heteroatoms. The molecule has 122 valence electrons. The Kier molecular flexibility index (Phi) is 5.83. The summed E-state index contributed by atoms with van der Waals surface area (Å²) in [4.78, 5) is 12.7. The zero-order chi connectivity index (χ0) is 16.0. The summed E-state index contributed by atoms with van der Waals surface area (Å²) in [5.41, 5.74) is 0.102. The van der Waals surface area contributed by atoms with Crippen molar-refractivity contribution in [1.29, 1.82) is 0 Å². The molecule has 1 amide bonds. The first-order valence-electron chi connectivity index (χ1n) is 8.19. The largest absolute Gasteiger partial charge is 0.491 e. The Morgan fingerprint density at radius 2 is 1.68 bits per heavy atom. The highest BCUT2D eigenvalue weighted by Gasteiger charge is 2.38. The van der Waals surface area contributed by atoms with E-state index in [1.54, 1.807) is 7.11 Å². The normalized spacial score (nSPS) is 17.8. The molecule has 1 saturated carbocycles. The van der Waals surface area contributed by atoms with Crippen molar-refractivity contribution in [2.75, 3.05) is 12.4 Å². The van der Waals surface area contributed by atoms with E-state index in [1.807, 2.05) is 38.1 Å². The van der Waals surface area contributed by atoms with E-state index >= 15 is 0 Å². The van der Waals surface area contributed by atoms with Crippen molar-refractivity contribution >= 4 is 11.6 Å². The van der Waals surface area contributed by atoms with Crippen LogP contribution in [0.5, 0.6) is 5.75 Å². The van der Waals surface area contributed by atoms with Gasteiger partial charge in [-0.15, -0.1) is 0 Å². The lowest BCUT2D eigenvalue weighted by Crippen LogP contribution is -2.44. The van der Waals surface area contributed by atoms with Crippen molar-refractivity contribution in [2.45, 2.75) is 64.1 Å². The van der Waals surface area contributed by atoms with Gasteiger partial charge in [0, 0.05) is 12.8 Å². The maximum absolute atomic E-state index is 12.7. The first kappa shape index (κ1) is 16.8. The summed E-state index contributed by atoms with van der Waals surface area (Å²) in [6, 6.07) is 7.50. The fourth-order valence-electron chi connectivity index (χ4n) is 2.96. The Hall–Kier alpha value is -1.55. The van der Waals surface area contributed by atoms with E-state index in [1.165, 1.54) is 12.8 Å². The van der Waals surface area contributed by atoms with Gasteiger partial charge in [-0.3, -0.25) is 4.79 Å². The van der Waals surface area contributed by atoms with Gasteiger partial charge in [-0.2, -0.15) is 0 Å². The molecule has 0 saturated heterocycles. The van der Waals surface area contributed by atoms with E-state index < -0.39 is 5.60 Å². The van der Waals surface area contributed by atoms with Gasteiger partial charge in [-0.05, 0) is 51.0 Å². The molecule has 1 fully saturated rings. The molecule has 0 bridgehead atoms. The molecule has 1 N–H and O–H groups in total. The van der Waals surface area contributed by atoms with Crippen LogP contribution in [0.25, 0.3) is 0 Å². The van der Waals surface area contributed by atoms with Crippen LogP contribution in [0.15, 0.2) is 24.3 Å². The minimum atomic E-state index is -0.677. The van der Waals surface area contributed by atoms with Crippen LogP contribution in [-0.4, -0.2) is 24.7 Å². The van der Waals surface area contributed by atoms with E-state index in [2.05, 4.69) is 5.32 Å². The average Bonchev–Trinajstić information content (AvgIpc) is 2.75. The Balaban J connectivity index is 2.03. The maximum Gasteiger partial charge on any atom is 0.256 e. The number of carbonyl (C=O) groups is 1. The average molecular weight is 305 g/mol. The van der Waals surface area contributed by atoms with Crippen molar-refractivity contribution < 1.29 is 14.3 Å². The highest BCUT2D eigenvalue weighted by atomic mass is 16.5. The van der Waals surface area contributed by atoms with Gasteiger partial charge < -0.3 is 14.8 Å². The van der Waals surface area contributed by atoms with Gasteiger partial charge in [0.15, 0.2) is 0 Å². The van der Waals surface area contributed by atoms with Gasteiger partial charge in [-0.25, -0.2) is 0 Å². The summed E-state index contributed by atoms with van der Waals surface area (Å²) in [6.07, 6.45) is 6.18. The van der Waals surface area contributed by atoms with Gasteiger partial charge >= 0.3 is 0 Å². The second-order valence-corrected chi connectivity index (χ2v) is 6.26. The quantitative estimate of drug-likeness (QED) is 0.831. The SMILES string of the molecule is COC1(C(=O)Nc2ccc(OC(C)C)cc2)CCCCCC1. The maximum atomic E-state index is 12.7. The van der Waals surface area contributed by atoms with Crippen LogP contribution in [0.4, 0.5) is 5.69 Å². The number of carbonyl (C=O) groups excluding carboxylic acids is 1. The van der Waals surface area contributed by atoms with Crippen LogP contribution in [0.2, 0.25) is 0 Å². The number of hydrogen-bond donors (Lipinski definition) is 1. The van der Waals surface area contributed by atoms with Crippen LogP contribution >= 0.6 is 0 Å². The molecule has 0 unspecified atom stereocenters. The zero-order valence-corrected chi connectivity index (χ0v) is 13.9. The summed E-state index contributed by atoms with van der Waals surface area (Å²) in [6.45, 7) is 3.98. The standard InChI is InChI=1S/C18H27NO3/c1-14(2)22-16-10-8-15(9-11-16)19-17(20)18(21-3)12-6-4-5-7-13-18/h8-11,14H,4-7,12-13H2,1-3H3,(H,19,20). The minimum absolute atomic E-state index is 0.0329. The Morgan fingerprint density at radius 1 is 1.09 bits per heavy atom. The topological polar surface area (TPSA) is 47.6 Å². The molecule has 1 aliphatic rings. The predicted molar refractivity (Wildman–Crippen MR) is 88.3 cm³/mol. The van der Waals surface area contributed by atoms with Crippen LogP contribution in [-0.2, 0) is 9.53 Å². The van der Waals surface area contributed by atoms with E-state index in [9.17, 15) is 4.79 Å². The number of anilines is 1. The third kappa shape index (κ3) is 4.23. The number of rotatable bonds is 5. The molecule has 22 heavy (non-hydrogen) atoms. The number of nitrogens with one attached hydrogen (secondary N) is 1. The van der Waals surface area contributed by atoms with Crippen molar-refractivity contribution in [2.24, 2.45) is 0 Å². The van der Waals surface area contributed by atoms with Crippen LogP contribution in [0, 0.1) is 0 Å². The summed E-state index contributed by atoms with van der Waals surface area (Å²) < 4.78 is 11.2. The van der Waals surface area contributed by atoms with Crippen LogP contribution in [0.1, 0.15) is 52.4 Å². The van der Waals surface area contributed by atoms with E-state index in [4.69, 9.17) is 9.47 Å². The lowest BCUT2D eigenvalue weighted by atomic mass is 9.93. The summed E-state index contributed by atoms with van der Waals surface area (Å²) in [5.74, 6) is 0.776. The van der Waals surface area contributed by atoms with E-state index in [0.717, 1.165) is 37.1 Å². The van der Waals surface area contributed by atoms with Crippen molar-refractivity contribution in [3.8, 4) is 5.75 Å². The predicted octanol–water partition coefficient (Wildman–Crippen LogP) is 4.15. The second-order valence-electron chi connectivity index (χ2n) is 6.26. The summed E-state index contributed by atoms with van der Waals surface area (Å²) in [5, 5.41) is 2.99. The van der Waals surface area contributed by atoms with Gasteiger partial charge in [0.1, 0.15) is 11.4 Å². The van der Waals surface area contributed by atoms with Gasteiger partial charge in [0.25, 0.3) is 5.91 Å². The highest BCUT2D eigenvalue weighted by molar-refractivity contribution is 5.97. The molecule has 1 aliphatic carbocycles. The molecular formula is C18H27NO3. The van der Waals surface area contributed by atoms with Crippen LogP contribution in [0.3, 0.4) is 0 Å². The van der Waals surface area contributed by atoms with Gasteiger partial charge in [0.2, 0.25) is 0 Å². The third-order valence-corrected chi connectivity index (χ3v) is 4.20. The molecule has 0 aliphatic heterocycles. The van der Waals surface area contributed by atoms with Crippen molar-refractivity contribution in [1.82, 2.24) is 0 Å². The summed E-state index contributed by atoms with van der Waals surface area (Å²) in [7, 11) is 1.64. The number of benzene rings is 1. The Bertz CT molecular complexity index is 474. The monoisotopic (exact) mass is 305 g/mol. The lowest BCUT2D eigenvalue weighted by molar-refractivity contribution is -0.139. The second kappa shape index (κ2) is 7.63. The number of amides is 1. The molecule has 4 nitrogen and oxygen atoms in total. The molecular weight excluding hydrogens is 278 g/mol. The molecule has 0 atom stereocenters. The van der Waals surface area contributed by atoms with E-state index in [-0.39, 0.29) is 12.0 Å². The Morgan fingerprint density at radius 3 is 2.18 bits per heavy atom. The summed E-state index contributed by atoms with van der Waals surface area (Å²) >= 11 is 0. The minimum Gasteiger partial charge on any atom is -0.491 e. The zero-order valence-electron chi connectivity index (χ0n) is 13.9. The van der Waals surface area contributed by atoms with Crippen molar-refractivity contribution in [3.05, 3.63) is 24.3 Å². The molecule has 0 radical (unpaired) electrons. The molecule has 2 rings (SSSR count). The first-order valence-corrected chi connectivity index (χ1v) is 8.19. The smallest absolute Gasteiger partial charge is 0.256 e. The van der Waals surface area contributed by atoms with Crippen LogP contribution < -0.4 is 10.1 Å². The van der Waals surface area contributed by atoms with Crippen molar-refractivity contribution in [3.63, 3.8) is 0 Å². The number of methoxy groups -OCH3 is 1. The number of hydrogen-bond acceptors (Lipinski definition) is 3. The fourth-order valence-corrected chi connectivity index (χ4v) is 2.96. The third-order valence-electron chi connectivity index (χ3n) is 4.20. The van der Waals surface area contributed by atoms with Gasteiger partial charge in [-0.1, -0.05) is 25.7 Å². The van der Waals surface area contributed by atoms with E-state index in [0.29, 0.717) is 0 Å². The Labute approximate surface area is 133 Å². The molecule has 0 spiro atoms.